The van der Waals surface area contributed by atoms with Gasteiger partial charge in [-0.25, -0.2) is 21.0 Å². The van der Waals surface area contributed by atoms with Gasteiger partial charge in [0.2, 0.25) is 10.3 Å². The van der Waals surface area contributed by atoms with Gasteiger partial charge in [0, 0.05) is 19.2 Å². The Kier molecular flexibility index (Phi) is 7.57. The van der Waals surface area contributed by atoms with Gasteiger partial charge in [-0.05, 0) is 51.7 Å². The lowest BCUT2D eigenvalue weighted by Crippen LogP contribution is -2.43. The van der Waals surface area contributed by atoms with Crippen molar-refractivity contribution in [3.8, 4) is 0 Å². The summed E-state index contributed by atoms with van der Waals surface area (Å²) in [5.41, 5.74) is 17.6. The number of hydrogen-bond acceptors (Lipinski definition) is 15. The first-order chi connectivity index (χ1) is 13.9. The molecule has 1 aromatic heterocycles. The summed E-state index contributed by atoms with van der Waals surface area (Å²) in [5, 5.41) is 15.1. The molecule has 29 heavy (non-hydrogen) atoms. The van der Waals surface area contributed by atoms with E-state index in [0.717, 1.165) is 36.5 Å². The SMILES string of the molecule is CN(C)CCN1NNN=C1Sc1cc(N)nc(SC2=NNNN2CCN(C)C)n1. The Morgan fingerprint density at radius 2 is 1.45 bits per heavy atom. The van der Waals surface area contributed by atoms with E-state index in [0.29, 0.717) is 16.0 Å². The summed E-state index contributed by atoms with van der Waals surface area (Å²) in [6.45, 7) is 3.27. The summed E-state index contributed by atoms with van der Waals surface area (Å²) in [4.78, 5) is 13.1. The molecule has 13 nitrogen and oxygen atoms in total. The number of rotatable bonds is 8. The van der Waals surface area contributed by atoms with Crippen molar-refractivity contribution in [1.29, 1.82) is 0 Å². The molecule has 0 radical (unpaired) electrons. The molecule has 1 aromatic rings. The van der Waals surface area contributed by atoms with Crippen molar-refractivity contribution in [3.63, 3.8) is 0 Å². The number of hydrazine groups is 4. The number of nitrogens with one attached hydrogen (secondary N) is 4. The van der Waals surface area contributed by atoms with Gasteiger partial charge >= 0.3 is 0 Å². The Hall–Kier alpha value is -2.04. The van der Waals surface area contributed by atoms with Crippen LogP contribution in [0.3, 0.4) is 0 Å². The smallest absolute Gasteiger partial charge is 0.208 e. The van der Waals surface area contributed by atoms with Crippen LogP contribution in [-0.4, -0.2) is 94.5 Å². The first kappa shape index (κ1) is 21.7. The monoisotopic (exact) mass is 441 g/mol. The van der Waals surface area contributed by atoms with Gasteiger partial charge in [-0.1, -0.05) is 0 Å². The van der Waals surface area contributed by atoms with Gasteiger partial charge in [0.15, 0.2) is 5.16 Å². The fraction of sp³-hybridized carbons (Fsp3) is 0.571. The zero-order valence-electron chi connectivity index (χ0n) is 16.9. The van der Waals surface area contributed by atoms with Crippen molar-refractivity contribution in [1.82, 2.24) is 51.9 Å². The Morgan fingerprint density at radius 3 is 2.00 bits per heavy atom. The van der Waals surface area contributed by atoms with Crippen LogP contribution in [0, 0.1) is 0 Å². The molecule has 0 aliphatic carbocycles. The third-order valence-electron chi connectivity index (χ3n) is 3.76. The average Bonchev–Trinajstić information content (AvgIpc) is 3.27. The highest BCUT2D eigenvalue weighted by Gasteiger charge is 2.22. The summed E-state index contributed by atoms with van der Waals surface area (Å²) in [6.07, 6.45) is 0. The second-order valence-electron chi connectivity index (χ2n) is 6.76. The van der Waals surface area contributed by atoms with Gasteiger partial charge in [0.05, 0.1) is 13.1 Å². The molecule has 0 saturated heterocycles. The molecule has 0 aromatic carbocycles. The van der Waals surface area contributed by atoms with Crippen LogP contribution in [-0.2, 0) is 0 Å². The van der Waals surface area contributed by atoms with E-state index in [2.05, 4.69) is 52.1 Å². The second-order valence-corrected chi connectivity index (χ2v) is 8.69. The number of nitrogen functional groups attached to an aromatic ring is 1. The molecule has 2 aliphatic heterocycles. The minimum absolute atomic E-state index is 0.392. The first-order valence-corrected chi connectivity index (χ1v) is 10.6. The Balaban J connectivity index is 1.64. The summed E-state index contributed by atoms with van der Waals surface area (Å²) in [6, 6.07) is 1.73. The van der Waals surface area contributed by atoms with Crippen LogP contribution in [0.1, 0.15) is 0 Å². The third-order valence-corrected chi connectivity index (χ3v) is 5.53. The molecular weight excluding hydrogens is 414 g/mol. The Labute approximate surface area is 178 Å². The normalized spacial score (nSPS) is 16.3. The summed E-state index contributed by atoms with van der Waals surface area (Å²) in [5.74, 6) is 0.392. The standard InChI is InChI=1S/C14H27N13S2/c1-24(2)5-7-26-13(18-20-22-26)28-11-9-10(15)16-12(17-11)29-14-19-21-23-27(14)8-6-25(3)4/h9,20-23H,5-8H2,1-4H3,(H2,15,16,17). The molecular formula is C14H27N13S2. The number of nitrogens with two attached hydrogens (primary N) is 1. The molecule has 160 valence electrons. The van der Waals surface area contributed by atoms with Gasteiger partial charge in [-0.2, -0.15) is 0 Å². The molecule has 0 spiro atoms. The zero-order valence-corrected chi connectivity index (χ0v) is 18.5. The quantitative estimate of drug-likeness (QED) is 0.238. The molecule has 3 heterocycles. The highest BCUT2D eigenvalue weighted by molar-refractivity contribution is 8.14. The number of anilines is 1. The number of thioether (sulfide) groups is 2. The van der Waals surface area contributed by atoms with Gasteiger partial charge in [-0.3, -0.25) is 10.0 Å². The third kappa shape index (κ3) is 6.48. The molecule has 0 atom stereocenters. The molecule has 0 amide bonds. The Morgan fingerprint density at radius 1 is 0.897 bits per heavy atom. The Bertz CT molecular complexity index is 695. The van der Waals surface area contributed by atoms with Gasteiger partial charge in [-0.15, -0.1) is 21.3 Å². The minimum atomic E-state index is 0.392. The van der Waals surface area contributed by atoms with Crippen molar-refractivity contribution in [2.24, 2.45) is 10.2 Å². The van der Waals surface area contributed by atoms with E-state index in [4.69, 9.17) is 5.73 Å². The summed E-state index contributed by atoms with van der Waals surface area (Å²) >= 11 is 2.75. The molecule has 0 saturated carbocycles. The molecule has 6 N–H and O–H groups in total. The lowest BCUT2D eigenvalue weighted by Gasteiger charge is -2.20. The molecule has 0 unspecified atom stereocenters. The van der Waals surface area contributed by atoms with Crippen molar-refractivity contribution in [3.05, 3.63) is 6.07 Å². The predicted octanol–water partition coefficient (Wildman–Crippen LogP) is -1.44. The zero-order chi connectivity index (χ0) is 20.8. The van der Waals surface area contributed by atoms with Gasteiger partial charge in [0.1, 0.15) is 10.8 Å². The van der Waals surface area contributed by atoms with Crippen LogP contribution >= 0.6 is 23.5 Å². The lowest BCUT2D eigenvalue weighted by molar-refractivity contribution is 0.262. The van der Waals surface area contributed by atoms with E-state index in [1.54, 1.807) is 6.07 Å². The van der Waals surface area contributed by atoms with Gasteiger partial charge < -0.3 is 15.5 Å². The van der Waals surface area contributed by atoms with Crippen molar-refractivity contribution < 1.29 is 0 Å². The van der Waals surface area contributed by atoms with Crippen molar-refractivity contribution in [2.75, 3.05) is 60.1 Å². The fourth-order valence-electron chi connectivity index (χ4n) is 2.24. The van der Waals surface area contributed by atoms with E-state index >= 15 is 0 Å². The first-order valence-electron chi connectivity index (χ1n) is 8.92. The van der Waals surface area contributed by atoms with E-state index in [-0.39, 0.29) is 0 Å². The lowest BCUT2D eigenvalue weighted by atomic mass is 10.6. The molecule has 3 rings (SSSR count). The van der Waals surface area contributed by atoms with Crippen LogP contribution < -0.4 is 27.9 Å². The number of aromatic nitrogens is 2. The van der Waals surface area contributed by atoms with E-state index < -0.39 is 0 Å². The average molecular weight is 442 g/mol. The minimum Gasteiger partial charge on any atom is -0.384 e. The topological polar surface area (TPSA) is 138 Å². The van der Waals surface area contributed by atoms with E-state index in [1.807, 2.05) is 38.2 Å². The maximum absolute atomic E-state index is 6.01. The van der Waals surface area contributed by atoms with Crippen molar-refractivity contribution in [2.45, 2.75) is 10.2 Å². The van der Waals surface area contributed by atoms with Crippen LogP contribution in [0.5, 0.6) is 0 Å². The largest absolute Gasteiger partial charge is 0.384 e. The van der Waals surface area contributed by atoms with Crippen LogP contribution in [0.15, 0.2) is 26.5 Å². The van der Waals surface area contributed by atoms with Crippen molar-refractivity contribution >= 4 is 39.7 Å². The maximum Gasteiger partial charge on any atom is 0.208 e. The number of likely N-dealkylation sites (N-methyl/N-ethyl adjacent to an activating group) is 2. The van der Waals surface area contributed by atoms with E-state index in [1.165, 1.54) is 23.5 Å². The summed E-state index contributed by atoms with van der Waals surface area (Å²) in [7, 11) is 8.10. The van der Waals surface area contributed by atoms with E-state index in [9.17, 15) is 0 Å². The molecule has 15 heteroatoms. The number of hydrogen-bond donors (Lipinski definition) is 5. The molecule has 0 fully saturated rings. The number of nitrogens with zero attached hydrogens (tertiary/aromatic N) is 8. The highest BCUT2D eigenvalue weighted by Crippen LogP contribution is 2.26. The summed E-state index contributed by atoms with van der Waals surface area (Å²) < 4.78 is 0. The molecule has 0 bridgehead atoms. The maximum atomic E-state index is 6.01. The van der Waals surface area contributed by atoms with Crippen LogP contribution in [0.2, 0.25) is 0 Å². The fourth-order valence-corrected chi connectivity index (χ4v) is 3.93. The number of hydrazone groups is 2. The van der Waals surface area contributed by atoms with Crippen LogP contribution in [0.4, 0.5) is 5.82 Å². The predicted molar refractivity (Wildman–Crippen MR) is 116 cm³/mol. The van der Waals surface area contributed by atoms with Crippen LogP contribution in [0.25, 0.3) is 0 Å². The number of amidine groups is 2. The van der Waals surface area contributed by atoms with Gasteiger partial charge in [0.25, 0.3) is 0 Å². The highest BCUT2D eigenvalue weighted by atomic mass is 32.2. The second kappa shape index (κ2) is 10.1. The molecule has 2 aliphatic rings.